The van der Waals surface area contributed by atoms with E-state index in [-0.39, 0.29) is 0 Å². The van der Waals surface area contributed by atoms with Crippen LogP contribution in [0.2, 0.25) is 5.02 Å². The van der Waals surface area contributed by atoms with Gasteiger partial charge in [0.25, 0.3) is 0 Å². The highest BCUT2D eigenvalue weighted by atomic mass is 35.5. The van der Waals surface area contributed by atoms with Crippen LogP contribution in [0, 0.1) is 0 Å². The summed E-state index contributed by atoms with van der Waals surface area (Å²) in [5.41, 5.74) is 0.723. The lowest BCUT2D eigenvalue weighted by atomic mass is 10.1. The van der Waals surface area contributed by atoms with Crippen LogP contribution in [0.25, 0.3) is 5.65 Å². The molecular weight excluding hydrogens is 214 g/mol. The molecule has 2 aromatic rings. The number of ether oxygens (including phenoxy) is 1. The Bertz CT molecular complexity index is 490. The highest BCUT2D eigenvalue weighted by Crippen LogP contribution is 2.24. The fourth-order valence-corrected chi connectivity index (χ4v) is 2.00. The molecule has 3 heterocycles. The van der Waals surface area contributed by atoms with Crippen LogP contribution < -0.4 is 0 Å². The molecule has 1 aliphatic heterocycles. The summed E-state index contributed by atoms with van der Waals surface area (Å²) >= 11 is 6.02. The minimum atomic E-state index is 0.320. The monoisotopic (exact) mass is 223 g/mol. The predicted molar refractivity (Wildman–Crippen MR) is 56.2 cm³/mol. The van der Waals surface area contributed by atoms with E-state index in [9.17, 15) is 0 Å². The van der Waals surface area contributed by atoms with Crippen LogP contribution in [-0.4, -0.2) is 27.8 Å². The molecule has 1 fully saturated rings. The number of aromatic nitrogens is 3. The van der Waals surface area contributed by atoms with Gasteiger partial charge in [0, 0.05) is 18.7 Å². The Balaban J connectivity index is 2.09. The maximum Gasteiger partial charge on any atom is 0.174 e. The quantitative estimate of drug-likeness (QED) is 0.741. The van der Waals surface area contributed by atoms with Crippen LogP contribution in [-0.2, 0) is 4.74 Å². The van der Waals surface area contributed by atoms with Crippen LogP contribution in [0.1, 0.15) is 18.2 Å². The Kier molecular flexibility index (Phi) is 2.11. The number of halogens is 1. The zero-order valence-electron chi connectivity index (χ0n) is 8.06. The van der Waals surface area contributed by atoms with E-state index in [1.807, 2.05) is 18.3 Å². The third-order valence-corrected chi connectivity index (χ3v) is 2.92. The molecule has 0 amide bonds. The van der Waals surface area contributed by atoms with E-state index in [0.29, 0.717) is 17.5 Å². The molecule has 1 unspecified atom stereocenters. The van der Waals surface area contributed by atoms with Gasteiger partial charge in [0.15, 0.2) is 11.5 Å². The average Bonchev–Trinajstić information content (AvgIpc) is 2.86. The minimum Gasteiger partial charge on any atom is -0.381 e. The first-order chi connectivity index (χ1) is 7.34. The Morgan fingerprint density at radius 1 is 1.53 bits per heavy atom. The SMILES string of the molecule is Clc1cccn2nc(C3CCOC3)nc12. The summed E-state index contributed by atoms with van der Waals surface area (Å²) < 4.78 is 7.03. The summed E-state index contributed by atoms with van der Waals surface area (Å²) in [5.74, 6) is 1.15. The number of fused-ring (bicyclic) bond motifs is 1. The standard InChI is InChI=1S/C10H10ClN3O/c11-8-2-1-4-14-10(8)12-9(13-14)7-3-5-15-6-7/h1-2,4,7H,3,5-6H2. The van der Waals surface area contributed by atoms with Crippen LogP contribution in [0.4, 0.5) is 0 Å². The van der Waals surface area contributed by atoms with Crippen molar-refractivity contribution in [3.8, 4) is 0 Å². The maximum absolute atomic E-state index is 6.02. The van der Waals surface area contributed by atoms with Crippen molar-refractivity contribution in [2.75, 3.05) is 13.2 Å². The van der Waals surface area contributed by atoms with E-state index in [1.165, 1.54) is 0 Å². The highest BCUT2D eigenvalue weighted by molar-refractivity contribution is 6.33. The van der Waals surface area contributed by atoms with Gasteiger partial charge in [0.2, 0.25) is 0 Å². The zero-order valence-corrected chi connectivity index (χ0v) is 8.81. The van der Waals surface area contributed by atoms with Gasteiger partial charge in [-0.2, -0.15) is 5.10 Å². The number of hydrogen-bond donors (Lipinski definition) is 0. The van der Waals surface area contributed by atoms with E-state index >= 15 is 0 Å². The first-order valence-electron chi connectivity index (χ1n) is 4.93. The van der Waals surface area contributed by atoms with E-state index in [4.69, 9.17) is 16.3 Å². The molecule has 15 heavy (non-hydrogen) atoms. The molecule has 1 atom stereocenters. The normalized spacial score (nSPS) is 21.3. The van der Waals surface area contributed by atoms with Gasteiger partial charge in [-0.05, 0) is 18.6 Å². The summed E-state index contributed by atoms with van der Waals surface area (Å²) in [6.45, 7) is 1.52. The van der Waals surface area contributed by atoms with Crippen molar-refractivity contribution in [1.82, 2.24) is 14.6 Å². The van der Waals surface area contributed by atoms with Crippen molar-refractivity contribution in [3.05, 3.63) is 29.2 Å². The molecule has 0 spiro atoms. The van der Waals surface area contributed by atoms with Crippen molar-refractivity contribution in [2.45, 2.75) is 12.3 Å². The fraction of sp³-hybridized carbons (Fsp3) is 0.400. The second-order valence-corrected chi connectivity index (χ2v) is 4.06. The lowest BCUT2D eigenvalue weighted by Crippen LogP contribution is -2.00. The summed E-state index contributed by atoms with van der Waals surface area (Å²) in [4.78, 5) is 4.43. The lowest BCUT2D eigenvalue weighted by molar-refractivity contribution is 0.193. The van der Waals surface area contributed by atoms with Gasteiger partial charge in [-0.25, -0.2) is 9.50 Å². The van der Waals surface area contributed by atoms with E-state index in [2.05, 4.69) is 10.1 Å². The van der Waals surface area contributed by atoms with Crippen molar-refractivity contribution >= 4 is 17.2 Å². The van der Waals surface area contributed by atoms with E-state index in [1.54, 1.807) is 4.52 Å². The topological polar surface area (TPSA) is 39.4 Å². The van der Waals surface area contributed by atoms with Crippen LogP contribution in [0.15, 0.2) is 18.3 Å². The van der Waals surface area contributed by atoms with E-state index < -0.39 is 0 Å². The minimum absolute atomic E-state index is 0.320. The molecule has 1 aliphatic rings. The Hall–Kier alpha value is -1.13. The molecule has 1 saturated heterocycles. The molecule has 4 nitrogen and oxygen atoms in total. The summed E-state index contributed by atoms with van der Waals surface area (Å²) in [6.07, 6.45) is 2.85. The predicted octanol–water partition coefficient (Wildman–Crippen LogP) is 1.89. The van der Waals surface area contributed by atoms with Gasteiger partial charge in [-0.3, -0.25) is 0 Å². The number of rotatable bonds is 1. The third kappa shape index (κ3) is 1.50. The molecule has 0 N–H and O–H groups in total. The van der Waals surface area contributed by atoms with Crippen molar-refractivity contribution < 1.29 is 4.74 Å². The Morgan fingerprint density at radius 3 is 3.20 bits per heavy atom. The van der Waals surface area contributed by atoms with Crippen LogP contribution in [0.3, 0.4) is 0 Å². The first kappa shape index (κ1) is 9.12. The van der Waals surface area contributed by atoms with Crippen LogP contribution >= 0.6 is 11.6 Å². The number of hydrogen-bond acceptors (Lipinski definition) is 3. The molecular formula is C10H10ClN3O. The van der Waals surface area contributed by atoms with Gasteiger partial charge in [-0.1, -0.05) is 11.6 Å². The van der Waals surface area contributed by atoms with Gasteiger partial charge >= 0.3 is 0 Å². The van der Waals surface area contributed by atoms with Crippen LogP contribution in [0.5, 0.6) is 0 Å². The molecule has 2 aromatic heterocycles. The zero-order chi connectivity index (χ0) is 10.3. The Morgan fingerprint density at radius 2 is 2.47 bits per heavy atom. The largest absolute Gasteiger partial charge is 0.381 e. The molecule has 0 aromatic carbocycles. The van der Waals surface area contributed by atoms with E-state index in [0.717, 1.165) is 24.5 Å². The molecule has 3 rings (SSSR count). The van der Waals surface area contributed by atoms with Gasteiger partial charge in [0.05, 0.1) is 11.6 Å². The van der Waals surface area contributed by atoms with Crippen molar-refractivity contribution in [1.29, 1.82) is 0 Å². The molecule has 5 heteroatoms. The molecule has 0 aliphatic carbocycles. The molecule has 0 bridgehead atoms. The first-order valence-corrected chi connectivity index (χ1v) is 5.31. The molecule has 78 valence electrons. The smallest absolute Gasteiger partial charge is 0.174 e. The van der Waals surface area contributed by atoms with Gasteiger partial charge in [-0.15, -0.1) is 0 Å². The number of pyridine rings is 1. The van der Waals surface area contributed by atoms with Crippen molar-refractivity contribution in [2.24, 2.45) is 0 Å². The third-order valence-electron chi connectivity index (χ3n) is 2.63. The lowest BCUT2D eigenvalue weighted by Gasteiger charge is -1.98. The summed E-state index contributed by atoms with van der Waals surface area (Å²) in [5, 5.41) is 5.03. The highest BCUT2D eigenvalue weighted by Gasteiger charge is 2.22. The number of nitrogens with zero attached hydrogens (tertiary/aromatic N) is 3. The maximum atomic E-state index is 6.02. The van der Waals surface area contributed by atoms with Gasteiger partial charge < -0.3 is 4.74 Å². The van der Waals surface area contributed by atoms with Gasteiger partial charge in [0.1, 0.15) is 0 Å². The molecule has 0 saturated carbocycles. The van der Waals surface area contributed by atoms with Crippen molar-refractivity contribution in [3.63, 3.8) is 0 Å². The molecule has 0 radical (unpaired) electrons. The Labute approximate surface area is 91.8 Å². The summed E-state index contributed by atoms with van der Waals surface area (Å²) in [7, 11) is 0. The second-order valence-electron chi connectivity index (χ2n) is 3.65. The fourth-order valence-electron chi connectivity index (χ4n) is 1.80. The average molecular weight is 224 g/mol. The summed E-state index contributed by atoms with van der Waals surface area (Å²) in [6, 6.07) is 3.68. The second kappa shape index (κ2) is 3.47.